The Labute approximate surface area is 114 Å². The summed E-state index contributed by atoms with van der Waals surface area (Å²) in [5.41, 5.74) is 0. The number of piperidine rings is 1. The number of carbonyl (C=O) groups is 1. The number of nitrogens with one attached hydrogen (secondary N) is 1. The number of carbonyl (C=O) groups excluding carboxylic acids is 1. The normalized spacial score (nSPS) is 26.4. The van der Waals surface area contributed by atoms with Gasteiger partial charge >= 0.3 is 0 Å². The second-order valence-corrected chi connectivity index (χ2v) is 6.02. The van der Waals surface area contributed by atoms with E-state index >= 15 is 0 Å². The number of halogens is 1. The summed E-state index contributed by atoms with van der Waals surface area (Å²) >= 11 is 1.98. The Balaban J connectivity index is 0.00000144. The first-order valence-electron chi connectivity index (χ1n) is 6.35. The molecule has 0 radical (unpaired) electrons. The van der Waals surface area contributed by atoms with Crippen LogP contribution >= 0.6 is 24.2 Å². The fraction of sp³-hybridized carbons (Fsp3) is 0.917. The number of hydrogen-bond acceptors (Lipinski definition) is 3. The lowest BCUT2D eigenvalue weighted by molar-refractivity contribution is -0.137. The largest absolute Gasteiger partial charge is 0.341 e. The lowest BCUT2D eigenvalue weighted by Gasteiger charge is -2.35. The Morgan fingerprint density at radius 3 is 2.65 bits per heavy atom. The lowest BCUT2D eigenvalue weighted by Crippen LogP contribution is -2.49. The Hall–Kier alpha value is 0.0700. The van der Waals surface area contributed by atoms with Gasteiger partial charge in [-0.1, -0.05) is 0 Å². The fourth-order valence-electron chi connectivity index (χ4n) is 2.62. The molecule has 2 rings (SSSR count). The molecule has 0 aromatic carbocycles. The minimum absolute atomic E-state index is 0. The van der Waals surface area contributed by atoms with Crippen molar-refractivity contribution in [1.82, 2.24) is 10.2 Å². The van der Waals surface area contributed by atoms with Crippen molar-refractivity contribution in [2.24, 2.45) is 5.92 Å². The van der Waals surface area contributed by atoms with Crippen molar-refractivity contribution in [2.75, 3.05) is 31.6 Å². The molecular formula is C12H23ClN2OS. The number of amides is 1. The van der Waals surface area contributed by atoms with Crippen LogP contribution < -0.4 is 5.32 Å². The van der Waals surface area contributed by atoms with Crippen LogP contribution in [-0.4, -0.2) is 48.5 Å². The Morgan fingerprint density at radius 2 is 2.00 bits per heavy atom. The van der Waals surface area contributed by atoms with Crippen LogP contribution in [0, 0.1) is 5.92 Å². The summed E-state index contributed by atoms with van der Waals surface area (Å²) < 4.78 is 0. The average Bonchev–Trinajstić information content (AvgIpc) is 2.39. The van der Waals surface area contributed by atoms with Gasteiger partial charge in [0.15, 0.2) is 0 Å². The number of thioether (sulfide) groups is 1. The van der Waals surface area contributed by atoms with Gasteiger partial charge in [0.25, 0.3) is 0 Å². The van der Waals surface area contributed by atoms with Gasteiger partial charge < -0.3 is 10.2 Å². The molecule has 1 amide bonds. The van der Waals surface area contributed by atoms with E-state index in [1.165, 1.54) is 17.9 Å². The highest BCUT2D eigenvalue weighted by molar-refractivity contribution is 7.99. The average molecular weight is 279 g/mol. The second kappa shape index (κ2) is 7.49. The van der Waals surface area contributed by atoms with E-state index in [9.17, 15) is 4.79 Å². The highest BCUT2D eigenvalue weighted by atomic mass is 35.5. The molecule has 0 spiro atoms. The van der Waals surface area contributed by atoms with Crippen molar-refractivity contribution < 1.29 is 4.79 Å². The van der Waals surface area contributed by atoms with Crippen LogP contribution in [0.3, 0.4) is 0 Å². The third-order valence-electron chi connectivity index (χ3n) is 3.71. The lowest BCUT2D eigenvalue weighted by atomic mass is 9.98. The third kappa shape index (κ3) is 4.04. The molecule has 2 aliphatic rings. The Kier molecular flexibility index (Phi) is 6.67. The fourth-order valence-corrected chi connectivity index (χ4v) is 3.72. The topological polar surface area (TPSA) is 32.3 Å². The van der Waals surface area contributed by atoms with Crippen molar-refractivity contribution in [1.29, 1.82) is 0 Å². The maximum Gasteiger partial charge on any atom is 0.225 e. The predicted octanol–water partition coefficient (Wildman–Crippen LogP) is 1.76. The molecule has 1 atom stereocenters. The predicted molar refractivity (Wildman–Crippen MR) is 76.0 cm³/mol. The zero-order valence-corrected chi connectivity index (χ0v) is 12.1. The zero-order chi connectivity index (χ0) is 11.4. The van der Waals surface area contributed by atoms with E-state index in [2.05, 4.69) is 10.2 Å². The van der Waals surface area contributed by atoms with Crippen LogP contribution in [0.2, 0.25) is 0 Å². The first-order valence-corrected chi connectivity index (χ1v) is 7.50. The van der Waals surface area contributed by atoms with Crippen molar-refractivity contribution in [3.8, 4) is 0 Å². The van der Waals surface area contributed by atoms with Gasteiger partial charge in [-0.2, -0.15) is 11.8 Å². The highest BCUT2D eigenvalue weighted by Gasteiger charge is 2.29. The molecule has 1 N–H and O–H groups in total. The quantitative estimate of drug-likeness (QED) is 0.835. The maximum absolute atomic E-state index is 12.3. The summed E-state index contributed by atoms with van der Waals surface area (Å²) in [5, 5.41) is 3.29. The maximum atomic E-state index is 12.3. The summed E-state index contributed by atoms with van der Waals surface area (Å²) in [6.07, 6.45) is 4.54. The minimum atomic E-state index is 0. The van der Waals surface area contributed by atoms with Crippen molar-refractivity contribution in [2.45, 2.75) is 31.7 Å². The van der Waals surface area contributed by atoms with Gasteiger partial charge in [0.1, 0.15) is 0 Å². The minimum Gasteiger partial charge on any atom is -0.341 e. The molecule has 2 saturated heterocycles. The molecule has 0 bridgehead atoms. The van der Waals surface area contributed by atoms with Gasteiger partial charge in [-0.05, 0) is 44.2 Å². The number of nitrogens with zero attached hydrogens (tertiary/aromatic N) is 1. The van der Waals surface area contributed by atoms with Gasteiger partial charge in [-0.25, -0.2) is 0 Å². The van der Waals surface area contributed by atoms with Gasteiger partial charge in [-0.15, -0.1) is 12.4 Å². The summed E-state index contributed by atoms with van der Waals surface area (Å²) in [4.78, 5) is 14.4. The molecular weight excluding hydrogens is 256 g/mol. The Bertz CT molecular complexity index is 247. The van der Waals surface area contributed by atoms with E-state index < -0.39 is 0 Å². The summed E-state index contributed by atoms with van der Waals surface area (Å²) in [5.74, 6) is 3.07. The number of likely N-dealkylation sites (tertiary alicyclic amines) is 1. The van der Waals surface area contributed by atoms with Gasteiger partial charge in [0, 0.05) is 25.0 Å². The molecule has 17 heavy (non-hydrogen) atoms. The second-order valence-electron chi connectivity index (χ2n) is 4.80. The van der Waals surface area contributed by atoms with E-state index in [0.717, 1.165) is 32.4 Å². The molecule has 0 aromatic heterocycles. The molecule has 2 aliphatic heterocycles. The number of rotatable bonds is 2. The molecule has 1 unspecified atom stereocenters. The molecule has 100 valence electrons. The summed E-state index contributed by atoms with van der Waals surface area (Å²) in [7, 11) is 2.00. The third-order valence-corrected chi connectivity index (χ3v) is 4.76. The van der Waals surface area contributed by atoms with Crippen molar-refractivity contribution in [3.63, 3.8) is 0 Å². The van der Waals surface area contributed by atoms with Crippen LogP contribution in [0.5, 0.6) is 0 Å². The van der Waals surface area contributed by atoms with E-state index in [-0.39, 0.29) is 12.4 Å². The molecule has 0 saturated carbocycles. The SMILES string of the molecule is CNC1CCCN(C(=O)C2CCSCC2)C1.Cl. The van der Waals surface area contributed by atoms with E-state index in [1.54, 1.807) is 0 Å². The van der Waals surface area contributed by atoms with Crippen LogP contribution in [0.4, 0.5) is 0 Å². The Morgan fingerprint density at radius 1 is 1.29 bits per heavy atom. The summed E-state index contributed by atoms with van der Waals surface area (Å²) in [6, 6.07) is 0.510. The molecule has 2 fully saturated rings. The van der Waals surface area contributed by atoms with E-state index in [0.29, 0.717) is 17.9 Å². The first kappa shape index (κ1) is 15.1. The van der Waals surface area contributed by atoms with Crippen LogP contribution in [-0.2, 0) is 4.79 Å². The van der Waals surface area contributed by atoms with Crippen molar-refractivity contribution in [3.05, 3.63) is 0 Å². The number of likely N-dealkylation sites (N-methyl/N-ethyl adjacent to an activating group) is 1. The van der Waals surface area contributed by atoms with Gasteiger partial charge in [0.2, 0.25) is 5.91 Å². The van der Waals surface area contributed by atoms with Crippen LogP contribution in [0.15, 0.2) is 0 Å². The van der Waals surface area contributed by atoms with Gasteiger partial charge in [-0.3, -0.25) is 4.79 Å². The molecule has 5 heteroatoms. The number of hydrogen-bond donors (Lipinski definition) is 1. The molecule has 0 aromatic rings. The van der Waals surface area contributed by atoms with E-state index in [4.69, 9.17) is 0 Å². The summed E-state index contributed by atoms with van der Waals surface area (Å²) in [6.45, 7) is 1.89. The highest BCUT2D eigenvalue weighted by Crippen LogP contribution is 2.25. The first-order chi connectivity index (χ1) is 7.81. The standard InChI is InChI=1S/C12H22N2OS.ClH/c1-13-11-3-2-6-14(9-11)12(15)10-4-7-16-8-5-10;/h10-11,13H,2-9H2,1H3;1H. The van der Waals surface area contributed by atoms with Gasteiger partial charge in [0.05, 0.1) is 0 Å². The zero-order valence-electron chi connectivity index (χ0n) is 10.5. The smallest absolute Gasteiger partial charge is 0.225 e. The van der Waals surface area contributed by atoms with Crippen molar-refractivity contribution >= 4 is 30.1 Å². The van der Waals surface area contributed by atoms with Crippen LogP contribution in [0.1, 0.15) is 25.7 Å². The molecule has 2 heterocycles. The molecule has 3 nitrogen and oxygen atoms in total. The molecule has 0 aliphatic carbocycles. The van der Waals surface area contributed by atoms with E-state index in [1.807, 2.05) is 18.8 Å². The van der Waals surface area contributed by atoms with Crippen LogP contribution in [0.25, 0.3) is 0 Å². The monoisotopic (exact) mass is 278 g/mol.